The summed E-state index contributed by atoms with van der Waals surface area (Å²) in [4.78, 5) is 11.9. The summed E-state index contributed by atoms with van der Waals surface area (Å²) in [7, 11) is 0. The quantitative estimate of drug-likeness (QED) is 0.917. The molecule has 0 saturated carbocycles. The zero-order valence-electron chi connectivity index (χ0n) is 9.65. The average Bonchev–Trinajstić information content (AvgIpc) is 2.37. The van der Waals surface area contributed by atoms with E-state index in [0.29, 0.717) is 15.7 Å². The van der Waals surface area contributed by atoms with Crippen LogP contribution in [-0.2, 0) is 0 Å². The highest BCUT2D eigenvalue weighted by molar-refractivity contribution is 9.10. The van der Waals surface area contributed by atoms with Gasteiger partial charge in [0.15, 0.2) is 0 Å². The molecular formula is C14H8BrFN2O. The molecule has 19 heavy (non-hydrogen) atoms. The first-order valence-corrected chi connectivity index (χ1v) is 6.15. The molecule has 5 heteroatoms. The van der Waals surface area contributed by atoms with Gasteiger partial charge in [-0.3, -0.25) is 4.79 Å². The third-order valence-corrected chi connectivity index (χ3v) is 2.83. The van der Waals surface area contributed by atoms with Crippen molar-refractivity contribution in [3.63, 3.8) is 0 Å². The van der Waals surface area contributed by atoms with Crippen molar-refractivity contribution in [2.24, 2.45) is 0 Å². The van der Waals surface area contributed by atoms with Gasteiger partial charge in [-0.25, -0.2) is 4.39 Å². The van der Waals surface area contributed by atoms with Gasteiger partial charge in [0.2, 0.25) is 0 Å². The van der Waals surface area contributed by atoms with Crippen molar-refractivity contribution >= 4 is 27.5 Å². The molecule has 3 nitrogen and oxygen atoms in total. The van der Waals surface area contributed by atoms with Crippen LogP contribution >= 0.6 is 15.9 Å². The largest absolute Gasteiger partial charge is 0.322 e. The Hall–Kier alpha value is -2.19. The van der Waals surface area contributed by atoms with Crippen molar-refractivity contribution in [1.82, 2.24) is 0 Å². The standard InChI is InChI=1S/C14H8BrFN2O/c15-11-5-10(6-12(16)7-11)14(19)18-13-3-1-2-9(4-13)8-17/h1-7H,(H,18,19). The molecule has 1 amide bonds. The summed E-state index contributed by atoms with van der Waals surface area (Å²) in [5.41, 5.74) is 1.14. The summed E-state index contributed by atoms with van der Waals surface area (Å²) < 4.78 is 13.7. The Balaban J connectivity index is 2.23. The van der Waals surface area contributed by atoms with Crippen LogP contribution in [0.5, 0.6) is 0 Å². The number of nitriles is 1. The van der Waals surface area contributed by atoms with Crippen LogP contribution in [0.1, 0.15) is 15.9 Å². The molecule has 2 rings (SSSR count). The average molecular weight is 319 g/mol. The van der Waals surface area contributed by atoms with Gasteiger partial charge in [0.05, 0.1) is 11.6 Å². The van der Waals surface area contributed by atoms with Crippen LogP contribution in [0.2, 0.25) is 0 Å². The van der Waals surface area contributed by atoms with Crippen LogP contribution in [0.4, 0.5) is 10.1 Å². The lowest BCUT2D eigenvalue weighted by Crippen LogP contribution is -2.12. The highest BCUT2D eigenvalue weighted by Gasteiger charge is 2.09. The molecule has 0 atom stereocenters. The number of carbonyl (C=O) groups excluding carboxylic acids is 1. The number of nitrogens with one attached hydrogen (secondary N) is 1. The van der Waals surface area contributed by atoms with Gasteiger partial charge in [-0.15, -0.1) is 0 Å². The molecule has 0 aliphatic heterocycles. The molecule has 0 unspecified atom stereocenters. The van der Waals surface area contributed by atoms with Crippen LogP contribution < -0.4 is 5.32 Å². The molecule has 0 aliphatic rings. The third-order valence-electron chi connectivity index (χ3n) is 2.37. The molecule has 0 aromatic heterocycles. The fourth-order valence-electron chi connectivity index (χ4n) is 1.55. The summed E-state index contributed by atoms with van der Waals surface area (Å²) in [6.45, 7) is 0. The van der Waals surface area contributed by atoms with Crippen LogP contribution in [0.3, 0.4) is 0 Å². The summed E-state index contributed by atoms with van der Waals surface area (Å²) in [5.74, 6) is -0.930. The number of hydrogen-bond donors (Lipinski definition) is 1. The second-order valence-corrected chi connectivity index (χ2v) is 4.72. The fourth-order valence-corrected chi connectivity index (χ4v) is 2.02. The second-order valence-electron chi connectivity index (χ2n) is 3.80. The van der Waals surface area contributed by atoms with Crippen LogP contribution in [0, 0.1) is 17.1 Å². The van der Waals surface area contributed by atoms with E-state index in [0.717, 1.165) is 6.07 Å². The zero-order chi connectivity index (χ0) is 13.8. The van der Waals surface area contributed by atoms with Crippen LogP contribution in [0.25, 0.3) is 0 Å². The molecular weight excluding hydrogens is 311 g/mol. The lowest BCUT2D eigenvalue weighted by atomic mass is 10.2. The third kappa shape index (κ3) is 3.39. The molecule has 0 fully saturated rings. The van der Waals surface area contributed by atoms with Gasteiger partial charge in [-0.1, -0.05) is 22.0 Å². The topological polar surface area (TPSA) is 52.9 Å². The maximum atomic E-state index is 13.2. The van der Waals surface area contributed by atoms with Crippen molar-refractivity contribution < 1.29 is 9.18 Å². The van der Waals surface area contributed by atoms with E-state index in [9.17, 15) is 9.18 Å². The Bertz CT molecular complexity index is 659. The van der Waals surface area contributed by atoms with E-state index in [2.05, 4.69) is 21.2 Å². The van der Waals surface area contributed by atoms with Crippen molar-refractivity contribution in [2.45, 2.75) is 0 Å². The molecule has 2 aromatic carbocycles. The Morgan fingerprint density at radius 2 is 2.05 bits per heavy atom. The number of carbonyl (C=O) groups is 1. The first kappa shape index (κ1) is 13.2. The lowest BCUT2D eigenvalue weighted by molar-refractivity contribution is 0.102. The van der Waals surface area contributed by atoms with E-state index in [1.54, 1.807) is 24.3 Å². The molecule has 0 radical (unpaired) electrons. The highest BCUT2D eigenvalue weighted by atomic mass is 79.9. The van der Waals surface area contributed by atoms with Crippen molar-refractivity contribution in [1.29, 1.82) is 5.26 Å². The maximum Gasteiger partial charge on any atom is 0.255 e. The first-order valence-electron chi connectivity index (χ1n) is 5.36. The van der Waals surface area contributed by atoms with E-state index in [-0.39, 0.29) is 5.56 Å². The Morgan fingerprint density at radius 1 is 1.26 bits per heavy atom. The monoisotopic (exact) mass is 318 g/mol. The number of amides is 1. The molecule has 94 valence electrons. The second kappa shape index (κ2) is 5.63. The minimum absolute atomic E-state index is 0.203. The molecule has 0 heterocycles. The van der Waals surface area contributed by atoms with Crippen molar-refractivity contribution in [3.8, 4) is 6.07 Å². The van der Waals surface area contributed by atoms with E-state index in [1.165, 1.54) is 12.1 Å². The van der Waals surface area contributed by atoms with Crippen molar-refractivity contribution in [3.05, 3.63) is 63.9 Å². The number of nitrogens with zero attached hydrogens (tertiary/aromatic N) is 1. The Kier molecular flexibility index (Phi) is 3.93. The smallest absolute Gasteiger partial charge is 0.255 e. The Morgan fingerprint density at radius 3 is 2.74 bits per heavy atom. The van der Waals surface area contributed by atoms with Crippen LogP contribution in [0.15, 0.2) is 46.9 Å². The SMILES string of the molecule is N#Cc1cccc(NC(=O)c2cc(F)cc(Br)c2)c1. The molecule has 0 aliphatic carbocycles. The number of anilines is 1. The van der Waals surface area contributed by atoms with E-state index >= 15 is 0 Å². The van der Waals surface area contributed by atoms with Gasteiger partial charge in [-0.05, 0) is 36.4 Å². The minimum Gasteiger partial charge on any atom is -0.322 e. The van der Waals surface area contributed by atoms with Gasteiger partial charge >= 0.3 is 0 Å². The predicted octanol–water partition coefficient (Wildman–Crippen LogP) is 3.71. The van der Waals surface area contributed by atoms with Gasteiger partial charge in [0, 0.05) is 15.7 Å². The van der Waals surface area contributed by atoms with Gasteiger partial charge in [0.1, 0.15) is 5.82 Å². The summed E-state index contributed by atoms with van der Waals surface area (Å²) in [6, 6.07) is 12.4. The van der Waals surface area contributed by atoms with Crippen LogP contribution in [-0.4, -0.2) is 5.91 Å². The van der Waals surface area contributed by atoms with E-state index in [4.69, 9.17) is 5.26 Å². The van der Waals surface area contributed by atoms with Gasteiger partial charge in [0.25, 0.3) is 5.91 Å². The maximum absolute atomic E-state index is 13.2. The molecule has 1 N–H and O–H groups in total. The van der Waals surface area contributed by atoms with Gasteiger partial charge < -0.3 is 5.32 Å². The predicted molar refractivity (Wildman–Crippen MR) is 73.2 cm³/mol. The minimum atomic E-state index is -0.495. The number of hydrogen-bond acceptors (Lipinski definition) is 2. The fraction of sp³-hybridized carbons (Fsp3) is 0. The number of halogens is 2. The summed E-state index contributed by atoms with van der Waals surface area (Å²) in [5, 5.41) is 11.4. The first-order chi connectivity index (χ1) is 9.08. The highest BCUT2D eigenvalue weighted by Crippen LogP contribution is 2.17. The zero-order valence-corrected chi connectivity index (χ0v) is 11.2. The number of benzene rings is 2. The summed E-state index contributed by atoms with van der Waals surface area (Å²) in [6.07, 6.45) is 0. The molecule has 2 aromatic rings. The molecule has 0 bridgehead atoms. The molecule has 0 saturated heterocycles. The molecule has 0 spiro atoms. The van der Waals surface area contributed by atoms with E-state index in [1.807, 2.05) is 6.07 Å². The Labute approximate surface area is 117 Å². The number of rotatable bonds is 2. The van der Waals surface area contributed by atoms with Crippen molar-refractivity contribution in [2.75, 3.05) is 5.32 Å². The normalized spacial score (nSPS) is 9.74. The van der Waals surface area contributed by atoms with E-state index < -0.39 is 11.7 Å². The van der Waals surface area contributed by atoms with Gasteiger partial charge in [-0.2, -0.15) is 5.26 Å². The summed E-state index contributed by atoms with van der Waals surface area (Å²) >= 11 is 3.13. The lowest BCUT2D eigenvalue weighted by Gasteiger charge is -2.06.